The minimum atomic E-state index is -1.39. The second-order valence-corrected chi connectivity index (χ2v) is 7.38. The van der Waals surface area contributed by atoms with E-state index in [0.717, 1.165) is 0 Å². The number of nitrogens with zero attached hydrogens (tertiary/aromatic N) is 1. The molecule has 0 aliphatic carbocycles. The maximum Gasteiger partial charge on any atom is 0.326 e. The lowest BCUT2D eigenvalue weighted by Gasteiger charge is -2.28. The average Bonchev–Trinajstić information content (AvgIpc) is 3.20. The Balaban J connectivity index is 2.88. The van der Waals surface area contributed by atoms with Crippen molar-refractivity contribution in [2.45, 2.75) is 69.3 Å². The van der Waals surface area contributed by atoms with E-state index in [-0.39, 0.29) is 13.0 Å². The Hall–Kier alpha value is -2.28. The number of carbonyl (C=O) groups is 4. The van der Waals surface area contributed by atoms with E-state index in [4.69, 9.17) is 11.5 Å². The van der Waals surface area contributed by atoms with Crippen molar-refractivity contribution in [3.8, 4) is 0 Å². The Bertz CT molecular complexity index is 616. The summed E-state index contributed by atoms with van der Waals surface area (Å²) >= 11 is 0. The van der Waals surface area contributed by atoms with Gasteiger partial charge in [0.15, 0.2) is 0 Å². The smallest absolute Gasteiger partial charge is 0.326 e. The molecule has 1 saturated heterocycles. The van der Waals surface area contributed by atoms with E-state index in [1.54, 1.807) is 0 Å². The number of aliphatic carboxylic acids is 1. The molecule has 1 fully saturated rings. The van der Waals surface area contributed by atoms with Crippen LogP contribution >= 0.6 is 0 Å². The molecule has 0 spiro atoms. The average molecular weight is 431 g/mol. The highest BCUT2D eigenvalue weighted by Gasteiger charge is 2.38. The van der Waals surface area contributed by atoms with Crippen molar-refractivity contribution in [3.63, 3.8) is 0 Å². The van der Waals surface area contributed by atoms with Gasteiger partial charge in [-0.05, 0) is 45.6 Å². The van der Waals surface area contributed by atoms with Crippen LogP contribution in [0.5, 0.6) is 0 Å². The molecule has 1 aliphatic heterocycles. The van der Waals surface area contributed by atoms with Gasteiger partial charge >= 0.3 is 5.97 Å². The first-order valence-electron chi connectivity index (χ1n) is 10.0. The number of unbranched alkanes of at least 4 members (excludes halogenated alkanes) is 1. The van der Waals surface area contributed by atoms with Gasteiger partial charge in [0.1, 0.15) is 24.2 Å². The highest BCUT2D eigenvalue weighted by Crippen LogP contribution is 2.20. The fourth-order valence-electron chi connectivity index (χ4n) is 3.19. The lowest BCUT2D eigenvalue weighted by molar-refractivity contribution is -0.149. The van der Waals surface area contributed by atoms with Crippen LogP contribution in [0.4, 0.5) is 0 Å². The van der Waals surface area contributed by atoms with E-state index >= 15 is 0 Å². The zero-order chi connectivity index (χ0) is 22.8. The van der Waals surface area contributed by atoms with Crippen LogP contribution < -0.4 is 22.1 Å². The Labute approximate surface area is 175 Å². The largest absolute Gasteiger partial charge is 0.480 e. The molecule has 0 radical (unpaired) electrons. The van der Waals surface area contributed by atoms with Crippen molar-refractivity contribution in [2.24, 2.45) is 11.5 Å². The molecule has 5 atom stereocenters. The van der Waals surface area contributed by atoms with Crippen molar-refractivity contribution in [2.75, 3.05) is 19.7 Å². The number of aliphatic hydroxyl groups excluding tert-OH is 2. The van der Waals surface area contributed by atoms with Gasteiger partial charge in [0, 0.05) is 6.54 Å². The molecule has 30 heavy (non-hydrogen) atoms. The molecule has 0 aromatic carbocycles. The molecule has 5 unspecified atom stereocenters. The Kier molecular flexibility index (Phi) is 10.7. The first kappa shape index (κ1) is 25.8. The van der Waals surface area contributed by atoms with Crippen molar-refractivity contribution in [3.05, 3.63) is 0 Å². The normalized spacial score (nSPS) is 20.2. The van der Waals surface area contributed by atoms with Crippen molar-refractivity contribution >= 4 is 23.7 Å². The van der Waals surface area contributed by atoms with Gasteiger partial charge in [0.25, 0.3) is 0 Å². The van der Waals surface area contributed by atoms with E-state index < -0.39 is 60.6 Å². The second-order valence-electron chi connectivity index (χ2n) is 7.38. The number of carboxylic acids is 1. The number of carbonyl (C=O) groups excluding carboxylic acids is 3. The molecule has 1 aliphatic rings. The topological polar surface area (TPSA) is 208 Å². The summed E-state index contributed by atoms with van der Waals surface area (Å²) in [6.45, 7) is 1.21. The molecule has 12 heteroatoms. The summed E-state index contributed by atoms with van der Waals surface area (Å²) < 4.78 is 0. The SMILES string of the molecule is CC(O)C(N)C(=O)NC(CO)C(=O)NC(CCCCN)C(=O)N1CCCC1C(=O)O. The number of amides is 3. The summed E-state index contributed by atoms with van der Waals surface area (Å²) in [5.74, 6) is -3.30. The summed E-state index contributed by atoms with van der Waals surface area (Å²) in [5.41, 5.74) is 11.0. The molecular weight excluding hydrogens is 398 g/mol. The van der Waals surface area contributed by atoms with E-state index in [1.165, 1.54) is 11.8 Å². The molecule has 3 amide bonds. The number of nitrogens with two attached hydrogens (primary N) is 2. The van der Waals surface area contributed by atoms with Crippen LogP contribution in [0, 0.1) is 0 Å². The zero-order valence-electron chi connectivity index (χ0n) is 17.1. The van der Waals surface area contributed by atoms with Crippen molar-refractivity contribution < 1.29 is 34.5 Å². The number of rotatable bonds is 12. The zero-order valence-corrected chi connectivity index (χ0v) is 17.1. The first-order chi connectivity index (χ1) is 14.1. The first-order valence-corrected chi connectivity index (χ1v) is 10.0. The molecule has 0 bridgehead atoms. The van der Waals surface area contributed by atoms with E-state index in [0.29, 0.717) is 32.2 Å². The lowest BCUT2D eigenvalue weighted by Crippen LogP contribution is -2.59. The minimum absolute atomic E-state index is 0.226. The number of likely N-dealkylation sites (tertiary alicyclic amines) is 1. The second kappa shape index (κ2) is 12.4. The predicted molar refractivity (Wildman–Crippen MR) is 106 cm³/mol. The van der Waals surface area contributed by atoms with Gasteiger partial charge < -0.3 is 42.3 Å². The van der Waals surface area contributed by atoms with E-state index in [2.05, 4.69) is 10.6 Å². The third-order valence-electron chi connectivity index (χ3n) is 5.02. The summed E-state index contributed by atoms with van der Waals surface area (Å²) in [7, 11) is 0. The Morgan fingerprint density at radius 3 is 2.30 bits per heavy atom. The third kappa shape index (κ3) is 7.20. The van der Waals surface area contributed by atoms with Crippen LogP contribution in [0.1, 0.15) is 39.0 Å². The quantitative estimate of drug-likeness (QED) is 0.155. The minimum Gasteiger partial charge on any atom is -0.480 e. The van der Waals surface area contributed by atoms with Gasteiger partial charge in [-0.2, -0.15) is 0 Å². The van der Waals surface area contributed by atoms with Crippen molar-refractivity contribution in [1.82, 2.24) is 15.5 Å². The van der Waals surface area contributed by atoms with Crippen LogP contribution in [-0.4, -0.2) is 93.9 Å². The highest BCUT2D eigenvalue weighted by atomic mass is 16.4. The molecular formula is C18H33N5O7. The Morgan fingerprint density at radius 1 is 1.13 bits per heavy atom. The van der Waals surface area contributed by atoms with Crippen LogP contribution in [0.15, 0.2) is 0 Å². The monoisotopic (exact) mass is 431 g/mol. The maximum atomic E-state index is 12.9. The molecule has 1 rings (SSSR count). The summed E-state index contributed by atoms with van der Waals surface area (Å²) in [5, 5.41) is 32.9. The van der Waals surface area contributed by atoms with Crippen LogP contribution in [0.25, 0.3) is 0 Å². The summed E-state index contributed by atoms with van der Waals surface area (Å²) in [6, 6.07) is -4.67. The molecule has 0 saturated carbocycles. The fraction of sp³-hybridized carbons (Fsp3) is 0.778. The van der Waals surface area contributed by atoms with Gasteiger partial charge in [-0.3, -0.25) is 14.4 Å². The van der Waals surface area contributed by atoms with E-state index in [9.17, 15) is 34.5 Å². The summed E-state index contributed by atoms with van der Waals surface area (Å²) in [4.78, 5) is 50.1. The standard InChI is InChI=1S/C18H33N5O7/c1-10(25)14(20)16(27)22-12(9-24)15(26)21-11(5-2-3-7-19)17(28)23-8-4-6-13(23)18(29)30/h10-14,24-25H,2-9,19-20H2,1H3,(H,21,26)(H,22,27)(H,29,30). The number of hydrogen-bond donors (Lipinski definition) is 7. The molecule has 12 nitrogen and oxygen atoms in total. The van der Waals surface area contributed by atoms with Gasteiger partial charge in [0.2, 0.25) is 17.7 Å². The van der Waals surface area contributed by atoms with Crippen LogP contribution in [-0.2, 0) is 19.2 Å². The number of carboxylic acid groups (broad SMARTS) is 1. The Morgan fingerprint density at radius 2 is 1.77 bits per heavy atom. The molecule has 1 heterocycles. The molecule has 9 N–H and O–H groups in total. The third-order valence-corrected chi connectivity index (χ3v) is 5.02. The lowest BCUT2D eigenvalue weighted by atomic mass is 10.1. The van der Waals surface area contributed by atoms with Gasteiger partial charge in [-0.1, -0.05) is 0 Å². The number of aliphatic hydroxyl groups is 2. The van der Waals surface area contributed by atoms with Crippen molar-refractivity contribution in [1.29, 1.82) is 0 Å². The van der Waals surface area contributed by atoms with Crippen LogP contribution in [0.3, 0.4) is 0 Å². The van der Waals surface area contributed by atoms with Gasteiger partial charge in [0.05, 0.1) is 12.7 Å². The molecule has 0 aromatic heterocycles. The maximum absolute atomic E-state index is 12.9. The molecule has 0 aromatic rings. The van der Waals surface area contributed by atoms with Crippen LogP contribution in [0.2, 0.25) is 0 Å². The van der Waals surface area contributed by atoms with Gasteiger partial charge in [-0.15, -0.1) is 0 Å². The number of nitrogens with one attached hydrogen (secondary N) is 2. The summed E-state index contributed by atoms with van der Waals surface area (Å²) in [6.07, 6.45) is 1.05. The van der Waals surface area contributed by atoms with Gasteiger partial charge in [-0.25, -0.2) is 4.79 Å². The predicted octanol–water partition coefficient (Wildman–Crippen LogP) is -3.14. The highest BCUT2D eigenvalue weighted by molar-refractivity contribution is 5.94. The van der Waals surface area contributed by atoms with E-state index in [1.807, 2.05) is 0 Å². The fourth-order valence-corrected chi connectivity index (χ4v) is 3.19. The number of hydrogen-bond acceptors (Lipinski definition) is 8. The molecule has 172 valence electrons.